The van der Waals surface area contributed by atoms with E-state index in [-0.39, 0.29) is 0 Å². The van der Waals surface area contributed by atoms with Gasteiger partial charge in [0.25, 0.3) is 0 Å². The van der Waals surface area contributed by atoms with Crippen LogP contribution in [0.3, 0.4) is 0 Å². The number of benzene rings is 1. The van der Waals surface area contributed by atoms with Gasteiger partial charge in [-0.1, -0.05) is 19.1 Å². The Morgan fingerprint density at radius 3 is 2.42 bits per heavy atom. The van der Waals surface area contributed by atoms with E-state index in [1.807, 2.05) is 32.0 Å². The van der Waals surface area contributed by atoms with Crippen molar-refractivity contribution in [1.29, 1.82) is 0 Å². The smallest absolute Gasteiger partial charge is 0.135 e. The van der Waals surface area contributed by atoms with Crippen LogP contribution in [0.4, 0.5) is 0 Å². The summed E-state index contributed by atoms with van der Waals surface area (Å²) in [6, 6.07) is 10.1. The monoisotopic (exact) mass is 256 g/mol. The summed E-state index contributed by atoms with van der Waals surface area (Å²) in [5.74, 6) is 1.63. The quantitative estimate of drug-likeness (QED) is 0.910. The normalized spacial score (nSPS) is 10.5. The summed E-state index contributed by atoms with van der Waals surface area (Å²) in [6.45, 7) is 6.49. The van der Waals surface area contributed by atoms with Gasteiger partial charge in [0, 0.05) is 29.6 Å². The van der Waals surface area contributed by atoms with Crippen LogP contribution in [0, 0.1) is 13.8 Å². The van der Waals surface area contributed by atoms with Crippen LogP contribution >= 0.6 is 0 Å². The largest absolute Gasteiger partial charge is 0.457 e. The molecule has 0 bridgehead atoms. The van der Waals surface area contributed by atoms with Crippen LogP contribution in [0.15, 0.2) is 30.3 Å². The van der Waals surface area contributed by atoms with Crippen LogP contribution in [0.2, 0.25) is 0 Å². The van der Waals surface area contributed by atoms with E-state index in [4.69, 9.17) is 10.5 Å². The Morgan fingerprint density at radius 1 is 1.16 bits per heavy atom. The fraction of sp³-hybridized carbons (Fsp3) is 0.312. The molecule has 3 nitrogen and oxygen atoms in total. The van der Waals surface area contributed by atoms with Crippen LogP contribution in [-0.4, -0.2) is 4.98 Å². The average molecular weight is 256 g/mol. The Balaban J connectivity index is 2.31. The second kappa shape index (κ2) is 5.85. The molecule has 0 radical (unpaired) electrons. The first-order valence-corrected chi connectivity index (χ1v) is 6.58. The highest BCUT2D eigenvalue weighted by atomic mass is 16.5. The number of ether oxygens (including phenoxy) is 1. The molecule has 0 fully saturated rings. The van der Waals surface area contributed by atoms with Gasteiger partial charge >= 0.3 is 0 Å². The molecule has 100 valence electrons. The molecule has 1 aromatic heterocycles. The number of nitrogens with two attached hydrogens (primary N) is 1. The molecule has 3 heteroatoms. The zero-order chi connectivity index (χ0) is 13.8. The summed E-state index contributed by atoms with van der Waals surface area (Å²) in [5.41, 5.74) is 9.92. The molecule has 0 amide bonds. The molecule has 19 heavy (non-hydrogen) atoms. The Bertz CT molecular complexity index is 562. The molecule has 2 N–H and O–H groups in total. The first kappa shape index (κ1) is 13.6. The van der Waals surface area contributed by atoms with Gasteiger partial charge in [0.1, 0.15) is 11.5 Å². The molecule has 0 spiro atoms. The van der Waals surface area contributed by atoms with E-state index < -0.39 is 0 Å². The van der Waals surface area contributed by atoms with Crippen molar-refractivity contribution in [1.82, 2.24) is 4.98 Å². The predicted octanol–water partition coefficient (Wildman–Crippen LogP) is 3.51. The van der Waals surface area contributed by atoms with Crippen molar-refractivity contribution in [3.05, 3.63) is 52.8 Å². The van der Waals surface area contributed by atoms with Crippen molar-refractivity contribution in [2.24, 2.45) is 5.73 Å². The van der Waals surface area contributed by atoms with E-state index in [1.54, 1.807) is 0 Å². The topological polar surface area (TPSA) is 48.1 Å². The third-order valence-corrected chi connectivity index (χ3v) is 3.18. The van der Waals surface area contributed by atoms with Crippen molar-refractivity contribution in [2.45, 2.75) is 33.7 Å². The lowest BCUT2D eigenvalue weighted by Crippen LogP contribution is -2.05. The highest BCUT2D eigenvalue weighted by molar-refractivity contribution is 5.41. The maximum atomic E-state index is 5.94. The van der Waals surface area contributed by atoms with E-state index in [9.17, 15) is 0 Å². The number of nitrogens with zero attached hydrogens (tertiary/aromatic N) is 1. The van der Waals surface area contributed by atoms with E-state index in [0.717, 1.165) is 34.9 Å². The molecule has 2 rings (SSSR count). The maximum Gasteiger partial charge on any atom is 0.135 e. The minimum Gasteiger partial charge on any atom is -0.457 e. The standard InChI is InChI=1S/C16H20N2O/c1-4-13-5-7-14(8-6-13)19-16-9-11(2)18-12(3)15(16)10-17/h5-9H,4,10,17H2,1-3H3. The molecule has 0 unspecified atom stereocenters. The Morgan fingerprint density at radius 2 is 1.84 bits per heavy atom. The van der Waals surface area contributed by atoms with Crippen molar-refractivity contribution < 1.29 is 4.74 Å². The minimum absolute atomic E-state index is 0.432. The Kier molecular flexibility index (Phi) is 4.17. The van der Waals surface area contributed by atoms with Gasteiger partial charge in [-0.2, -0.15) is 0 Å². The van der Waals surface area contributed by atoms with Crippen LogP contribution in [0.1, 0.15) is 29.4 Å². The van der Waals surface area contributed by atoms with Gasteiger partial charge < -0.3 is 10.5 Å². The number of aromatic nitrogens is 1. The van der Waals surface area contributed by atoms with Crippen LogP contribution < -0.4 is 10.5 Å². The molecular formula is C16H20N2O. The zero-order valence-electron chi connectivity index (χ0n) is 11.7. The number of aryl methyl sites for hydroxylation is 3. The van der Waals surface area contributed by atoms with Gasteiger partial charge in [-0.3, -0.25) is 4.98 Å². The van der Waals surface area contributed by atoms with Crippen molar-refractivity contribution in [3.63, 3.8) is 0 Å². The Labute approximate surface area is 114 Å². The molecule has 0 saturated carbocycles. The van der Waals surface area contributed by atoms with Gasteiger partial charge in [-0.25, -0.2) is 0 Å². The third kappa shape index (κ3) is 3.12. The fourth-order valence-electron chi connectivity index (χ4n) is 2.08. The summed E-state index contributed by atoms with van der Waals surface area (Å²) in [6.07, 6.45) is 1.03. The lowest BCUT2D eigenvalue weighted by Gasteiger charge is -2.13. The molecule has 0 saturated heterocycles. The molecule has 0 aliphatic carbocycles. The highest BCUT2D eigenvalue weighted by Crippen LogP contribution is 2.27. The number of hydrogen-bond donors (Lipinski definition) is 1. The molecule has 0 aliphatic heterocycles. The SMILES string of the molecule is CCc1ccc(Oc2cc(C)nc(C)c2CN)cc1. The van der Waals surface area contributed by atoms with Crippen LogP contribution in [0.5, 0.6) is 11.5 Å². The van der Waals surface area contributed by atoms with Crippen molar-refractivity contribution in [3.8, 4) is 11.5 Å². The van der Waals surface area contributed by atoms with Crippen LogP contribution in [0.25, 0.3) is 0 Å². The van der Waals surface area contributed by atoms with Gasteiger partial charge in [0.05, 0.1) is 0 Å². The first-order chi connectivity index (χ1) is 9.13. The van der Waals surface area contributed by atoms with Gasteiger partial charge in [-0.05, 0) is 38.0 Å². The minimum atomic E-state index is 0.432. The fourth-order valence-corrected chi connectivity index (χ4v) is 2.08. The second-order valence-electron chi connectivity index (χ2n) is 4.63. The molecular weight excluding hydrogens is 236 g/mol. The lowest BCUT2D eigenvalue weighted by atomic mass is 10.1. The van der Waals surface area contributed by atoms with Crippen molar-refractivity contribution in [2.75, 3.05) is 0 Å². The van der Waals surface area contributed by atoms with Gasteiger partial charge in [-0.15, -0.1) is 0 Å². The second-order valence-corrected chi connectivity index (χ2v) is 4.63. The number of hydrogen-bond acceptors (Lipinski definition) is 3. The van der Waals surface area contributed by atoms with Gasteiger partial charge in [0.15, 0.2) is 0 Å². The highest BCUT2D eigenvalue weighted by Gasteiger charge is 2.09. The Hall–Kier alpha value is -1.87. The summed E-state index contributed by atoms with van der Waals surface area (Å²) in [4.78, 5) is 4.41. The van der Waals surface area contributed by atoms with Crippen LogP contribution in [-0.2, 0) is 13.0 Å². The third-order valence-electron chi connectivity index (χ3n) is 3.18. The summed E-state index contributed by atoms with van der Waals surface area (Å²) >= 11 is 0. The number of rotatable bonds is 4. The molecule has 2 aromatic rings. The zero-order valence-corrected chi connectivity index (χ0v) is 11.7. The first-order valence-electron chi connectivity index (χ1n) is 6.58. The maximum absolute atomic E-state index is 5.94. The number of pyridine rings is 1. The lowest BCUT2D eigenvalue weighted by molar-refractivity contribution is 0.473. The van der Waals surface area contributed by atoms with E-state index in [1.165, 1.54) is 5.56 Å². The predicted molar refractivity (Wildman–Crippen MR) is 77.5 cm³/mol. The summed E-state index contributed by atoms with van der Waals surface area (Å²) < 4.78 is 5.94. The van der Waals surface area contributed by atoms with E-state index >= 15 is 0 Å². The molecule has 0 atom stereocenters. The summed E-state index contributed by atoms with van der Waals surface area (Å²) in [7, 11) is 0. The van der Waals surface area contributed by atoms with Crippen molar-refractivity contribution >= 4 is 0 Å². The van der Waals surface area contributed by atoms with E-state index in [0.29, 0.717) is 6.54 Å². The van der Waals surface area contributed by atoms with E-state index in [2.05, 4.69) is 24.0 Å². The molecule has 1 aromatic carbocycles. The average Bonchev–Trinajstić information content (AvgIpc) is 2.39. The molecule has 1 heterocycles. The van der Waals surface area contributed by atoms with Gasteiger partial charge in [0.2, 0.25) is 0 Å². The molecule has 0 aliphatic rings. The summed E-state index contributed by atoms with van der Waals surface area (Å²) in [5, 5.41) is 0.